The lowest BCUT2D eigenvalue weighted by atomic mass is 10.1. The molecule has 2 rings (SSSR count). The van der Waals surface area contributed by atoms with Crippen LogP contribution in [0.3, 0.4) is 0 Å². The van der Waals surface area contributed by atoms with Gasteiger partial charge in [0, 0.05) is 14.5 Å². The molecule has 3 N–H and O–H groups in total. The van der Waals surface area contributed by atoms with E-state index in [1.54, 1.807) is 18.2 Å². The van der Waals surface area contributed by atoms with Gasteiger partial charge in [0.1, 0.15) is 6.17 Å². The number of halogens is 5. The standard InChI is InChI=1S/C18H16Br2Cl3N3OS/c1-9-4-3-5-11(6-9)15(27)25-16(18(21,22)23)26-17(28)24-14-12(19)7-10(2)8-13(14)20/h3-8,16H,1-2H3,(H,25,27)(H2,24,26,28). The van der Waals surface area contributed by atoms with Crippen molar-refractivity contribution in [3.8, 4) is 0 Å². The Bertz CT molecular complexity index is 883. The fourth-order valence-corrected chi connectivity index (χ4v) is 4.46. The number of carbonyl (C=O) groups excluding carboxylic acids is 1. The van der Waals surface area contributed by atoms with Crippen molar-refractivity contribution in [2.24, 2.45) is 0 Å². The molecule has 0 fully saturated rings. The number of benzene rings is 2. The Kier molecular flexibility index (Phi) is 8.43. The normalized spacial score (nSPS) is 12.2. The van der Waals surface area contributed by atoms with E-state index in [4.69, 9.17) is 47.0 Å². The van der Waals surface area contributed by atoms with Crippen LogP contribution in [0.15, 0.2) is 45.3 Å². The number of hydrogen-bond acceptors (Lipinski definition) is 2. The fourth-order valence-electron chi connectivity index (χ4n) is 2.30. The zero-order chi connectivity index (χ0) is 21.1. The quantitative estimate of drug-likeness (QED) is 0.225. The van der Waals surface area contributed by atoms with Crippen molar-refractivity contribution in [3.63, 3.8) is 0 Å². The topological polar surface area (TPSA) is 53.2 Å². The largest absolute Gasteiger partial charge is 0.339 e. The summed E-state index contributed by atoms with van der Waals surface area (Å²) < 4.78 is -0.233. The van der Waals surface area contributed by atoms with Crippen molar-refractivity contribution >= 4 is 95.6 Å². The third kappa shape index (κ3) is 6.75. The maximum absolute atomic E-state index is 12.5. The summed E-state index contributed by atoms with van der Waals surface area (Å²) in [5.41, 5.74) is 3.16. The van der Waals surface area contributed by atoms with E-state index in [9.17, 15) is 4.79 Å². The number of thiocarbonyl (C=S) groups is 1. The van der Waals surface area contributed by atoms with Crippen LogP contribution in [0.2, 0.25) is 0 Å². The molecule has 0 aromatic heterocycles. The van der Waals surface area contributed by atoms with Crippen LogP contribution in [0.4, 0.5) is 5.69 Å². The number of hydrogen-bond donors (Lipinski definition) is 3. The summed E-state index contributed by atoms with van der Waals surface area (Å²) >= 11 is 30.4. The molecule has 2 aromatic rings. The Labute approximate surface area is 200 Å². The molecule has 0 spiro atoms. The maximum atomic E-state index is 12.5. The first-order valence-corrected chi connectivity index (χ1v) is 11.1. The maximum Gasteiger partial charge on any atom is 0.252 e. The zero-order valence-electron chi connectivity index (χ0n) is 14.7. The molecule has 0 heterocycles. The van der Waals surface area contributed by atoms with Gasteiger partial charge < -0.3 is 16.0 Å². The fraction of sp³-hybridized carbons (Fsp3) is 0.222. The molecule has 1 amide bonds. The van der Waals surface area contributed by atoms with E-state index in [2.05, 4.69) is 47.8 Å². The molecular weight excluding hydrogens is 572 g/mol. The van der Waals surface area contributed by atoms with Gasteiger partial charge in [-0.1, -0.05) is 52.5 Å². The first-order valence-electron chi connectivity index (χ1n) is 7.95. The molecule has 2 aromatic carbocycles. The zero-order valence-corrected chi connectivity index (χ0v) is 21.0. The smallest absolute Gasteiger partial charge is 0.252 e. The number of alkyl halides is 3. The lowest BCUT2D eigenvalue weighted by Gasteiger charge is -2.28. The van der Waals surface area contributed by atoms with Gasteiger partial charge in [-0.05, 0) is 87.8 Å². The number of nitrogens with one attached hydrogen (secondary N) is 3. The second kappa shape index (κ2) is 9.96. The van der Waals surface area contributed by atoms with Gasteiger partial charge in [-0.15, -0.1) is 0 Å². The van der Waals surface area contributed by atoms with Crippen molar-refractivity contribution in [2.45, 2.75) is 23.8 Å². The summed E-state index contributed by atoms with van der Waals surface area (Å²) in [4.78, 5) is 12.5. The lowest BCUT2D eigenvalue weighted by Crippen LogP contribution is -2.56. The summed E-state index contributed by atoms with van der Waals surface area (Å²) in [6.07, 6.45) is -1.06. The van der Waals surface area contributed by atoms with Gasteiger partial charge in [0.2, 0.25) is 3.79 Å². The summed E-state index contributed by atoms with van der Waals surface area (Å²) in [5.74, 6) is -0.395. The van der Waals surface area contributed by atoms with Gasteiger partial charge in [-0.2, -0.15) is 0 Å². The van der Waals surface area contributed by atoms with Crippen LogP contribution in [0, 0.1) is 13.8 Å². The molecule has 28 heavy (non-hydrogen) atoms. The van der Waals surface area contributed by atoms with E-state index in [0.29, 0.717) is 11.3 Å². The average molecular weight is 589 g/mol. The Morgan fingerprint density at radius 2 is 1.64 bits per heavy atom. The molecule has 0 bridgehead atoms. The number of aryl methyl sites for hydroxylation is 2. The third-order valence-corrected chi connectivity index (χ3v) is 5.71. The van der Waals surface area contributed by atoms with E-state index in [-0.39, 0.29) is 5.11 Å². The van der Waals surface area contributed by atoms with E-state index >= 15 is 0 Å². The minimum atomic E-state index is -1.84. The molecule has 150 valence electrons. The molecule has 1 unspecified atom stereocenters. The monoisotopic (exact) mass is 585 g/mol. The second-order valence-corrected chi connectivity index (χ2v) is 10.5. The molecular formula is C18H16Br2Cl3N3OS. The Hall–Kier alpha value is -0.570. The van der Waals surface area contributed by atoms with Crippen LogP contribution >= 0.6 is 78.9 Å². The average Bonchev–Trinajstić information content (AvgIpc) is 2.56. The Morgan fingerprint density at radius 3 is 2.18 bits per heavy atom. The Balaban J connectivity index is 2.14. The third-order valence-electron chi connectivity index (χ3n) is 3.58. The van der Waals surface area contributed by atoms with Crippen molar-refractivity contribution < 1.29 is 4.79 Å². The van der Waals surface area contributed by atoms with Crippen molar-refractivity contribution in [2.75, 3.05) is 5.32 Å². The SMILES string of the molecule is Cc1cccc(C(=O)NC(NC(=S)Nc2c(Br)cc(C)cc2Br)C(Cl)(Cl)Cl)c1. The first-order chi connectivity index (χ1) is 13.0. The van der Waals surface area contributed by atoms with Gasteiger partial charge >= 0.3 is 0 Å². The highest BCUT2D eigenvalue weighted by atomic mass is 79.9. The molecule has 10 heteroatoms. The van der Waals surface area contributed by atoms with Gasteiger partial charge in [0.25, 0.3) is 5.91 Å². The van der Waals surface area contributed by atoms with E-state index < -0.39 is 15.9 Å². The molecule has 0 aliphatic heterocycles. The lowest BCUT2D eigenvalue weighted by molar-refractivity contribution is 0.0934. The van der Waals surface area contributed by atoms with E-state index in [1.807, 2.05) is 32.0 Å². The van der Waals surface area contributed by atoms with Gasteiger partial charge in [-0.3, -0.25) is 4.79 Å². The number of rotatable bonds is 4. The summed E-state index contributed by atoms with van der Waals surface area (Å²) in [6.45, 7) is 3.85. The van der Waals surface area contributed by atoms with Crippen molar-refractivity contribution in [1.82, 2.24) is 10.6 Å². The highest BCUT2D eigenvalue weighted by Crippen LogP contribution is 2.33. The molecule has 0 saturated heterocycles. The summed E-state index contributed by atoms with van der Waals surface area (Å²) in [6, 6.07) is 10.9. The molecule has 0 aliphatic rings. The Morgan fingerprint density at radius 1 is 1.04 bits per heavy atom. The highest BCUT2D eigenvalue weighted by molar-refractivity contribution is 9.11. The second-order valence-electron chi connectivity index (χ2n) is 6.02. The predicted molar refractivity (Wildman–Crippen MR) is 129 cm³/mol. The molecule has 0 radical (unpaired) electrons. The molecule has 0 aliphatic carbocycles. The highest BCUT2D eigenvalue weighted by Gasteiger charge is 2.35. The van der Waals surface area contributed by atoms with Crippen LogP contribution in [0.1, 0.15) is 21.5 Å². The van der Waals surface area contributed by atoms with Crippen molar-refractivity contribution in [1.29, 1.82) is 0 Å². The van der Waals surface area contributed by atoms with Gasteiger partial charge in [-0.25, -0.2) is 0 Å². The van der Waals surface area contributed by atoms with E-state index in [1.165, 1.54) is 0 Å². The minimum absolute atomic E-state index is 0.172. The van der Waals surface area contributed by atoms with Crippen LogP contribution in [0.5, 0.6) is 0 Å². The first kappa shape index (κ1) is 23.7. The molecule has 4 nitrogen and oxygen atoms in total. The number of carbonyl (C=O) groups is 1. The van der Waals surface area contributed by atoms with Crippen LogP contribution in [0.25, 0.3) is 0 Å². The van der Waals surface area contributed by atoms with E-state index in [0.717, 1.165) is 20.1 Å². The number of amides is 1. The minimum Gasteiger partial charge on any atom is -0.339 e. The van der Waals surface area contributed by atoms with Crippen molar-refractivity contribution in [3.05, 3.63) is 62.0 Å². The van der Waals surface area contributed by atoms with Gasteiger partial charge in [0.15, 0.2) is 5.11 Å². The van der Waals surface area contributed by atoms with Crippen LogP contribution < -0.4 is 16.0 Å². The summed E-state index contributed by atoms with van der Waals surface area (Å²) in [7, 11) is 0. The van der Waals surface area contributed by atoms with Gasteiger partial charge in [0.05, 0.1) is 5.69 Å². The van der Waals surface area contributed by atoms with Crippen LogP contribution in [-0.2, 0) is 0 Å². The summed E-state index contributed by atoms with van der Waals surface area (Å²) in [5, 5.41) is 8.70. The molecule has 1 atom stereocenters. The van der Waals surface area contributed by atoms with Crippen LogP contribution in [-0.4, -0.2) is 21.0 Å². The molecule has 0 saturated carbocycles. The predicted octanol–water partition coefficient (Wildman–Crippen LogP) is 6.24. The number of anilines is 1.